The van der Waals surface area contributed by atoms with Crippen molar-refractivity contribution in [3.8, 4) is 11.4 Å². The molecule has 0 saturated heterocycles. The molecule has 148 valence electrons. The number of halogens is 4. The summed E-state index contributed by atoms with van der Waals surface area (Å²) in [4.78, 5) is 16.9. The maximum atomic E-state index is 12.7. The van der Waals surface area contributed by atoms with Crippen LogP contribution in [-0.2, 0) is 11.2 Å². The first-order valence-electron chi connectivity index (χ1n) is 8.35. The number of alkyl halides is 3. The molecule has 0 spiro atoms. The Kier molecular flexibility index (Phi) is 5.90. The van der Waals surface area contributed by atoms with Crippen molar-refractivity contribution in [3.05, 3.63) is 63.7 Å². The first kappa shape index (κ1) is 20.2. The van der Waals surface area contributed by atoms with Crippen LogP contribution in [0, 0.1) is 0 Å². The van der Waals surface area contributed by atoms with E-state index in [0.717, 1.165) is 6.07 Å². The average Bonchev–Trinajstić information content (AvgIpc) is 2.61. The van der Waals surface area contributed by atoms with Gasteiger partial charge in [-0.25, -0.2) is 4.79 Å². The summed E-state index contributed by atoms with van der Waals surface area (Å²) in [5.41, 5.74) is 0.373. The summed E-state index contributed by atoms with van der Waals surface area (Å²) >= 11 is 6.20. The van der Waals surface area contributed by atoms with Crippen LogP contribution in [0.1, 0.15) is 12.1 Å². The molecule has 1 heterocycles. The third kappa shape index (κ3) is 4.45. The fourth-order valence-electron chi connectivity index (χ4n) is 2.91. The summed E-state index contributed by atoms with van der Waals surface area (Å²) in [5.74, 6) is -0.436. The summed E-state index contributed by atoms with van der Waals surface area (Å²) in [6, 6.07) is 10.3. The number of nitrogens with zero attached hydrogens (tertiary/aromatic N) is 2. The van der Waals surface area contributed by atoms with Gasteiger partial charge in [0.1, 0.15) is 5.75 Å². The first-order valence-corrected chi connectivity index (χ1v) is 8.73. The van der Waals surface area contributed by atoms with Crippen LogP contribution in [0.25, 0.3) is 16.6 Å². The molecule has 0 radical (unpaired) electrons. The van der Waals surface area contributed by atoms with E-state index in [2.05, 4.69) is 9.72 Å². The molecule has 2 aromatic carbocycles. The Bertz CT molecular complexity index is 1050. The lowest BCUT2D eigenvalue weighted by atomic mass is 10.1. The number of aromatic nitrogens is 2. The van der Waals surface area contributed by atoms with Crippen LogP contribution in [0.3, 0.4) is 0 Å². The van der Waals surface area contributed by atoms with E-state index >= 15 is 0 Å². The normalized spacial score (nSPS) is 11.8. The Labute approximate surface area is 163 Å². The van der Waals surface area contributed by atoms with Crippen molar-refractivity contribution in [1.29, 1.82) is 0 Å². The van der Waals surface area contributed by atoms with Crippen LogP contribution >= 0.6 is 11.6 Å². The van der Waals surface area contributed by atoms with Crippen LogP contribution in [-0.4, -0.2) is 29.6 Å². The average molecular weight is 413 g/mol. The van der Waals surface area contributed by atoms with Crippen molar-refractivity contribution >= 4 is 22.5 Å². The molecule has 0 fully saturated rings. The van der Waals surface area contributed by atoms with Crippen LogP contribution in [0.2, 0.25) is 5.02 Å². The van der Waals surface area contributed by atoms with E-state index < -0.39 is 17.8 Å². The van der Waals surface area contributed by atoms with E-state index in [1.54, 1.807) is 31.4 Å². The molecule has 3 rings (SSSR count). The predicted octanol–water partition coefficient (Wildman–Crippen LogP) is 4.52. The highest BCUT2D eigenvalue weighted by Crippen LogP contribution is 2.30. The van der Waals surface area contributed by atoms with Crippen LogP contribution < -0.4 is 10.4 Å². The topological polar surface area (TPSA) is 53.3 Å². The monoisotopic (exact) mass is 412 g/mol. The number of ether oxygens (including phenoxy) is 2. The lowest BCUT2D eigenvalue weighted by molar-refractivity contribution is -0.274. The molecule has 0 saturated carbocycles. The van der Waals surface area contributed by atoms with E-state index in [0.29, 0.717) is 36.2 Å². The van der Waals surface area contributed by atoms with Gasteiger partial charge in [-0.2, -0.15) is 4.98 Å². The molecular weight excluding hydrogens is 397 g/mol. The number of hydrogen-bond acceptors (Lipinski definition) is 4. The van der Waals surface area contributed by atoms with Crippen LogP contribution in [0.4, 0.5) is 13.2 Å². The largest absolute Gasteiger partial charge is 0.573 e. The number of benzene rings is 2. The Morgan fingerprint density at radius 3 is 2.61 bits per heavy atom. The third-order valence-electron chi connectivity index (χ3n) is 4.03. The molecule has 0 amide bonds. The van der Waals surface area contributed by atoms with E-state index in [1.165, 1.54) is 16.7 Å². The summed E-state index contributed by atoms with van der Waals surface area (Å²) in [5, 5.41) is 0.798. The summed E-state index contributed by atoms with van der Waals surface area (Å²) in [7, 11) is 1.56. The lowest BCUT2D eigenvalue weighted by Gasteiger charge is -2.16. The molecule has 0 aliphatic carbocycles. The number of rotatable bonds is 6. The predicted molar refractivity (Wildman–Crippen MR) is 99.2 cm³/mol. The third-order valence-corrected chi connectivity index (χ3v) is 4.35. The van der Waals surface area contributed by atoms with Gasteiger partial charge in [-0.3, -0.25) is 4.57 Å². The van der Waals surface area contributed by atoms with Gasteiger partial charge in [-0.1, -0.05) is 23.7 Å². The van der Waals surface area contributed by atoms with Gasteiger partial charge in [0.25, 0.3) is 0 Å². The Morgan fingerprint density at radius 1 is 1.18 bits per heavy atom. The van der Waals surface area contributed by atoms with Gasteiger partial charge in [0.2, 0.25) is 0 Å². The number of methoxy groups -OCH3 is 1. The minimum Gasteiger partial charge on any atom is -0.406 e. The maximum Gasteiger partial charge on any atom is 0.573 e. The van der Waals surface area contributed by atoms with E-state index in [4.69, 9.17) is 16.3 Å². The second kappa shape index (κ2) is 8.20. The second-order valence-electron chi connectivity index (χ2n) is 5.95. The maximum absolute atomic E-state index is 12.7. The smallest absolute Gasteiger partial charge is 0.406 e. The Balaban J connectivity index is 2.24. The molecule has 3 aromatic rings. The minimum absolute atomic E-state index is 0.224. The van der Waals surface area contributed by atoms with E-state index in [9.17, 15) is 18.0 Å². The number of para-hydroxylation sites is 1. The highest BCUT2D eigenvalue weighted by molar-refractivity contribution is 6.32. The van der Waals surface area contributed by atoms with Crippen molar-refractivity contribution in [1.82, 2.24) is 9.55 Å². The SMILES string of the molecule is COCCCc1nc(=O)n(-c2ccccc2Cl)c2cc(OC(F)(F)F)ccc12. The molecule has 0 aliphatic heterocycles. The zero-order valence-corrected chi connectivity index (χ0v) is 15.5. The molecule has 1 aromatic heterocycles. The standard InChI is InChI=1S/C19H16ClF3N2O3/c1-27-10-4-6-15-13-9-8-12(28-19(21,22)23)11-17(13)25(18(26)24-15)16-7-3-2-5-14(16)20/h2-3,5,7-9,11H,4,6,10H2,1H3. The van der Waals surface area contributed by atoms with Gasteiger partial charge in [-0.15, -0.1) is 13.2 Å². The van der Waals surface area contributed by atoms with Crippen LogP contribution in [0.15, 0.2) is 47.3 Å². The summed E-state index contributed by atoms with van der Waals surface area (Å²) in [6.07, 6.45) is -3.81. The molecule has 0 atom stereocenters. The van der Waals surface area contributed by atoms with Crippen molar-refractivity contribution in [3.63, 3.8) is 0 Å². The summed E-state index contributed by atoms with van der Waals surface area (Å²) in [6.45, 7) is 0.464. The highest BCUT2D eigenvalue weighted by atomic mass is 35.5. The molecule has 5 nitrogen and oxygen atoms in total. The van der Waals surface area contributed by atoms with E-state index in [-0.39, 0.29) is 10.5 Å². The van der Waals surface area contributed by atoms with Crippen molar-refractivity contribution in [2.24, 2.45) is 0 Å². The zero-order chi connectivity index (χ0) is 20.3. The molecule has 0 aliphatic rings. The molecule has 0 N–H and O–H groups in total. The van der Waals surface area contributed by atoms with Crippen molar-refractivity contribution in [2.75, 3.05) is 13.7 Å². The van der Waals surface area contributed by atoms with Gasteiger partial charge in [-0.05, 0) is 37.1 Å². The second-order valence-corrected chi connectivity index (χ2v) is 6.36. The fraction of sp³-hybridized carbons (Fsp3) is 0.263. The first-order chi connectivity index (χ1) is 13.3. The molecule has 0 bridgehead atoms. The molecular formula is C19H16ClF3N2O3. The van der Waals surface area contributed by atoms with Crippen LogP contribution in [0.5, 0.6) is 5.75 Å². The highest BCUT2D eigenvalue weighted by Gasteiger charge is 2.31. The Morgan fingerprint density at radius 2 is 1.93 bits per heavy atom. The minimum atomic E-state index is -4.85. The zero-order valence-electron chi connectivity index (χ0n) is 14.8. The van der Waals surface area contributed by atoms with E-state index in [1.807, 2.05) is 0 Å². The Hall–Kier alpha value is -2.58. The van der Waals surface area contributed by atoms with Gasteiger partial charge in [0.05, 0.1) is 21.9 Å². The van der Waals surface area contributed by atoms with Gasteiger partial charge in [0.15, 0.2) is 0 Å². The fourth-order valence-corrected chi connectivity index (χ4v) is 3.13. The quantitative estimate of drug-likeness (QED) is 0.559. The molecule has 9 heteroatoms. The molecule has 28 heavy (non-hydrogen) atoms. The molecule has 0 unspecified atom stereocenters. The van der Waals surface area contributed by atoms with Gasteiger partial charge in [0, 0.05) is 25.2 Å². The number of aryl methyl sites for hydroxylation is 1. The number of hydrogen-bond donors (Lipinski definition) is 0. The van der Waals surface area contributed by atoms with Gasteiger partial charge < -0.3 is 9.47 Å². The lowest BCUT2D eigenvalue weighted by Crippen LogP contribution is -2.24. The number of fused-ring (bicyclic) bond motifs is 1. The van der Waals surface area contributed by atoms with Crippen molar-refractivity contribution in [2.45, 2.75) is 19.2 Å². The van der Waals surface area contributed by atoms with Crippen molar-refractivity contribution < 1.29 is 22.6 Å². The summed E-state index contributed by atoms with van der Waals surface area (Å²) < 4.78 is 48.2. The van der Waals surface area contributed by atoms with Gasteiger partial charge >= 0.3 is 12.1 Å².